The molecule has 8 nitrogen and oxygen atoms in total. The van der Waals surface area contributed by atoms with Crippen LogP contribution in [0.5, 0.6) is 0 Å². The molecular formula is C34H34BrN7O. The maximum absolute atomic E-state index is 5.56. The lowest BCUT2D eigenvalue weighted by Gasteiger charge is -2.56. The Morgan fingerprint density at radius 1 is 1.02 bits per heavy atom. The number of hydrogen-bond donors (Lipinski definition) is 1. The van der Waals surface area contributed by atoms with Crippen molar-refractivity contribution < 1.29 is 4.74 Å². The van der Waals surface area contributed by atoms with Crippen molar-refractivity contribution in [1.82, 2.24) is 24.3 Å². The zero-order valence-corrected chi connectivity index (χ0v) is 26.0. The number of fused-ring (bicyclic) bond motifs is 2. The largest absolute Gasteiger partial charge is 0.380 e. The minimum Gasteiger partial charge on any atom is -0.380 e. The minimum atomic E-state index is 0.0383. The van der Waals surface area contributed by atoms with Crippen LogP contribution in [0, 0.1) is 12.3 Å². The highest BCUT2D eigenvalue weighted by atomic mass is 79.9. The van der Waals surface area contributed by atoms with Gasteiger partial charge in [-0.25, -0.2) is 15.0 Å². The van der Waals surface area contributed by atoms with Crippen LogP contribution in [0.4, 0.5) is 11.4 Å². The third-order valence-corrected chi connectivity index (χ3v) is 10.3. The molecule has 2 saturated carbocycles. The van der Waals surface area contributed by atoms with Crippen LogP contribution in [0.25, 0.3) is 16.6 Å². The van der Waals surface area contributed by atoms with Crippen molar-refractivity contribution in [3.05, 3.63) is 87.9 Å². The van der Waals surface area contributed by atoms with Crippen molar-refractivity contribution in [2.45, 2.75) is 56.9 Å². The third kappa shape index (κ3) is 4.51. The first-order chi connectivity index (χ1) is 20.9. The summed E-state index contributed by atoms with van der Waals surface area (Å²) in [6, 6.07) is 13.2. The number of ether oxygens (including phenoxy) is 1. The highest BCUT2D eigenvalue weighted by Gasteiger charge is 2.50. The van der Waals surface area contributed by atoms with Gasteiger partial charge in [0.05, 0.1) is 40.4 Å². The van der Waals surface area contributed by atoms with Crippen molar-refractivity contribution in [2.24, 2.45) is 5.41 Å². The number of anilines is 2. The van der Waals surface area contributed by atoms with E-state index in [1.165, 1.54) is 29.5 Å². The average Bonchev–Trinajstić information content (AvgIpc) is 3.88. The van der Waals surface area contributed by atoms with Crippen molar-refractivity contribution in [1.29, 1.82) is 0 Å². The smallest absolute Gasteiger partial charge is 0.151 e. The molecule has 43 heavy (non-hydrogen) atoms. The maximum atomic E-state index is 5.56. The number of aryl methyl sites for hydroxylation is 1. The molecule has 2 aliphatic carbocycles. The van der Waals surface area contributed by atoms with E-state index in [1.807, 2.05) is 19.2 Å². The molecule has 2 aliphatic heterocycles. The molecule has 1 N–H and O–H groups in total. The van der Waals surface area contributed by atoms with Gasteiger partial charge in [0.15, 0.2) is 5.65 Å². The summed E-state index contributed by atoms with van der Waals surface area (Å²) in [6.45, 7) is 8.05. The van der Waals surface area contributed by atoms with Gasteiger partial charge in [0.1, 0.15) is 5.82 Å². The number of halogens is 1. The molecular weight excluding hydrogens is 602 g/mol. The second-order valence-corrected chi connectivity index (χ2v) is 14.2. The molecule has 5 aromatic rings. The quantitative estimate of drug-likeness (QED) is 0.208. The van der Waals surface area contributed by atoms with Crippen LogP contribution < -0.4 is 10.2 Å². The number of nitrogens with zero attached hydrogens (tertiary/aromatic N) is 6. The summed E-state index contributed by atoms with van der Waals surface area (Å²) >= 11 is 3.76. The second kappa shape index (κ2) is 9.47. The third-order valence-electron chi connectivity index (χ3n) is 9.75. The molecule has 0 amide bonds. The SMILES string of the molecule is Cc1ccnc([C@H]2C[C@@H]2c2cc(N3CC4(COC4)C3)c3ccc(N[C@H](C)c4cn5cc(C6CC6)cc(Br)c5n4)cc3n2)n1. The van der Waals surface area contributed by atoms with Crippen molar-refractivity contribution in [2.75, 3.05) is 36.5 Å². The summed E-state index contributed by atoms with van der Waals surface area (Å²) in [5, 5.41) is 4.91. The van der Waals surface area contributed by atoms with Crippen LogP contribution in [0.15, 0.2) is 59.5 Å². The Hall–Kier alpha value is -3.56. The van der Waals surface area contributed by atoms with E-state index in [4.69, 9.17) is 19.7 Å². The number of rotatable bonds is 7. The van der Waals surface area contributed by atoms with Gasteiger partial charge >= 0.3 is 0 Å². The fourth-order valence-corrected chi connectivity index (χ4v) is 7.56. The van der Waals surface area contributed by atoms with Crippen molar-refractivity contribution in [3.8, 4) is 0 Å². The van der Waals surface area contributed by atoms with Crippen LogP contribution in [0.1, 0.15) is 78.5 Å². The number of aromatic nitrogens is 5. The number of benzene rings is 1. The molecule has 0 radical (unpaired) electrons. The minimum absolute atomic E-state index is 0.0383. The molecule has 0 bridgehead atoms. The van der Waals surface area contributed by atoms with Gasteiger partial charge in [0, 0.05) is 71.7 Å². The zero-order chi connectivity index (χ0) is 28.9. The Balaban J connectivity index is 1.03. The summed E-state index contributed by atoms with van der Waals surface area (Å²) in [5.74, 6) is 2.31. The van der Waals surface area contributed by atoms with E-state index in [0.717, 1.165) is 77.0 Å². The van der Waals surface area contributed by atoms with Gasteiger partial charge in [-0.15, -0.1) is 0 Å². The lowest BCUT2D eigenvalue weighted by Crippen LogP contribution is -2.66. The first-order valence-electron chi connectivity index (χ1n) is 15.4. The van der Waals surface area contributed by atoms with E-state index in [9.17, 15) is 0 Å². The molecule has 9 rings (SSSR count). The van der Waals surface area contributed by atoms with E-state index in [1.54, 1.807) is 0 Å². The van der Waals surface area contributed by atoms with Gasteiger partial charge in [0.2, 0.25) is 0 Å². The normalized spacial score (nSPS) is 22.9. The monoisotopic (exact) mass is 635 g/mol. The Morgan fingerprint density at radius 2 is 1.88 bits per heavy atom. The van der Waals surface area contributed by atoms with Gasteiger partial charge in [-0.1, -0.05) is 0 Å². The second-order valence-electron chi connectivity index (χ2n) is 13.3. The van der Waals surface area contributed by atoms with Crippen LogP contribution in [0.3, 0.4) is 0 Å². The van der Waals surface area contributed by atoms with Crippen molar-refractivity contribution >= 4 is 43.9 Å². The van der Waals surface area contributed by atoms with Crippen LogP contribution >= 0.6 is 15.9 Å². The van der Waals surface area contributed by atoms with E-state index in [0.29, 0.717) is 23.2 Å². The van der Waals surface area contributed by atoms with Gasteiger partial charge in [-0.05, 0) is 96.9 Å². The summed E-state index contributed by atoms with van der Waals surface area (Å²) in [6.07, 6.45) is 9.88. The number of hydrogen-bond acceptors (Lipinski definition) is 7. The number of imidazole rings is 1. The molecule has 218 valence electrons. The zero-order valence-electron chi connectivity index (χ0n) is 24.4. The lowest BCUT2D eigenvalue weighted by atomic mass is 9.77. The summed E-state index contributed by atoms with van der Waals surface area (Å²) in [7, 11) is 0. The van der Waals surface area contributed by atoms with Crippen LogP contribution in [-0.4, -0.2) is 50.6 Å². The molecule has 4 aliphatic rings. The summed E-state index contributed by atoms with van der Waals surface area (Å²) in [4.78, 5) is 22.1. The first-order valence-corrected chi connectivity index (χ1v) is 16.2. The Kier molecular flexibility index (Phi) is 5.70. The van der Waals surface area contributed by atoms with E-state index in [2.05, 4.69) is 85.2 Å². The van der Waals surface area contributed by atoms with Gasteiger partial charge < -0.3 is 19.4 Å². The predicted molar refractivity (Wildman–Crippen MR) is 171 cm³/mol. The van der Waals surface area contributed by atoms with Gasteiger partial charge in [0.25, 0.3) is 0 Å². The lowest BCUT2D eigenvalue weighted by molar-refractivity contribution is -0.126. The van der Waals surface area contributed by atoms with Crippen molar-refractivity contribution in [3.63, 3.8) is 0 Å². The van der Waals surface area contributed by atoms with Gasteiger partial charge in [-0.2, -0.15) is 0 Å². The van der Waals surface area contributed by atoms with E-state index in [-0.39, 0.29) is 6.04 Å². The molecule has 4 fully saturated rings. The van der Waals surface area contributed by atoms with E-state index < -0.39 is 0 Å². The topological polar surface area (TPSA) is 80.5 Å². The Morgan fingerprint density at radius 3 is 2.65 bits per heavy atom. The number of pyridine rings is 2. The molecule has 4 aromatic heterocycles. The average molecular weight is 637 g/mol. The summed E-state index contributed by atoms with van der Waals surface area (Å²) < 4.78 is 8.79. The van der Waals surface area contributed by atoms with Gasteiger partial charge in [-0.3, -0.25) is 4.98 Å². The molecule has 3 atom stereocenters. The molecule has 1 aromatic carbocycles. The molecule has 0 unspecified atom stereocenters. The standard InChI is InChI=1S/C34H34BrN7O/c1-19-7-8-36-32(37-19)26-11-25(26)29-12-31(42-15-34(16-42)17-43-18-34)24-6-5-23(10-28(24)39-29)38-20(2)30-14-41-13-22(21-3-4-21)9-27(35)33(41)40-30/h5-10,12-14,20-21,25-26,38H,3-4,11,15-18H2,1-2H3/t20-,25+,26+/m1/s1. The van der Waals surface area contributed by atoms with Crippen LogP contribution in [0.2, 0.25) is 0 Å². The fourth-order valence-electron chi connectivity index (χ4n) is 7.00. The molecule has 9 heteroatoms. The number of nitrogens with one attached hydrogen (secondary N) is 1. The Labute approximate surface area is 259 Å². The van der Waals surface area contributed by atoms with Crippen LogP contribution in [-0.2, 0) is 4.74 Å². The Bertz CT molecular complexity index is 1900. The molecule has 1 spiro atoms. The fraction of sp³-hybridized carbons (Fsp3) is 0.412. The van der Waals surface area contributed by atoms with E-state index >= 15 is 0 Å². The highest BCUT2D eigenvalue weighted by molar-refractivity contribution is 9.10. The highest BCUT2D eigenvalue weighted by Crippen LogP contribution is 2.54. The first kappa shape index (κ1) is 25.9. The summed E-state index contributed by atoms with van der Waals surface area (Å²) in [5.41, 5.74) is 9.22. The maximum Gasteiger partial charge on any atom is 0.151 e. The molecule has 2 saturated heterocycles. The predicted octanol–water partition coefficient (Wildman–Crippen LogP) is 6.90. The molecule has 6 heterocycles.